The van der Waals surface area contributed by atoms with Gasteiger partial charge < -0.3 is 33.9 Å². The fourth-order valence-corrected chi connectivity index (χ4v) is 9.91. The van der Waals surface area contributed by atoms with Gasteiger partial charge in [0.25, 0.3) is 11.8 Å². The molecule has 3 aliphatic rings. The number of alkyl halides is 2. The lowest BCUT2D eigenvalue weighted by Crippen LogP contribution is -2.48. The largest absolute Gasteiger partial charge is 0.475 e. The van der Waals surface area contributed by atoms with Gasteiger partial charge in [0.05, 0.1) is 40.8 Å². The zero-order chi connectivity index (χ0) is 40.6. The van der Waals surface area contributed by atoms with E-state index in [2.05, 4.69) is 49.3 Å². The first kappa shape index (κ1) is 42.4. The molecule has 2 N–H and O–H groups in total. The quantitative estimate of drug-likeness (QED) is 0.152. The zero-order valence-electron chi connectivity index (χ0n) is 34.1. The summed E-state index contributed by atoms with van der Waals surface area (Å²) in [5.41, 5.74) is 3.55. The maximum atomic E-state index is 14.6. The number of rotatable bonds is 15. The van der Waals surface area contributed by atoms with Gasteiger partial charge in [0.2, 0.25) is 11.8 Å². The number of piperidine rings is 1. The van der Waals surface area contributed by atoms with E-state index in [0.717, 1.165) is 34.5 Å². The van der Waals surface area contributed by atoms with E-state index in [1.807, 2.05) is 55.4 Å². The number of thiazole rings is 1. The molecule has 3 aromatic rings. The lowest BCUT2D eigenvalue weighted by atomic mass is 9.91. The van der Waals surface area contributed by atoms with Gasteiger partial charge in [-0.2, -0.15) is 0 Å². The molecule has 1 aliphatic carbocycles. The summed E-state index contributed by atoms with van der Waals surface area (Å²) >= 11 is 1.60. The molecule has 308 valence electrons. The van der Waals surface area contributed by atoms with E-state index >= 15 is 0 Å². The summed E-state index contributed by atoms with van der Waals surface area (Å²) in [6.45, 7) is 18.8. The molecule has 6 rings (SSSR count). The van der Waals surface area contributed by atoms with Crippen molar-refractivity contribution < 1.29 is 37.2 Å². The first-order valence-corrected chi connectivity index (χ1v) is 23.7. The van der Waals surface area contributed by atoms with Crippen molar-refractivity contribution in [2.45, 2.75) is 116 Å². The SMILES string of the molecule is Cc1ncsc1-c1ccc(CNC(=O)[C@@H]2C[C@@H](O[Si](C)(C)C(C)(C)C)CN2C(=O)C(c2cc(OCC3CCN(C[C@@]4(CO)CC4(F)F)CC3)no2)C(C)C)cc1. The molecule has 4 heterocycles. The average Bonchev–Trinajstić information content (AvgIpc) is 3.66. The molecule has 0 radical (unpaired) electrons. The first-order valence-electron chi connectivity index (χ1n) is 19.9. The van der Waals surface area contributed by atoms with Crippen LogP contribution in [0.2, 0.25) is 18.1 Å². The van der Waals surface area contributed by atoms with Crippen LogP contribution in [0.25, 0.3) is 10.4 Å². The lowest BCUT2D eigenvalue weighted by Gasteiger charge is -2.38. The van der Waals surface area contributed by atoms with E-state index in [-0.39, 0.29) is 53.6 Å². The second kappa shape index (κ2) is 16.6. The summed E-state index contributed by atoms with van der Waals surface area (Å²) < 4.78 is 46.4. The van der Waals surface area contributed by atoms with Crippen molar-refractivity contribution in [1.82, 2.24) is 25.3 Å². The van der Waals surface area contributed by atoms with Crippen molar-refractivity contribution in [2.75, 3.05) is 39.4 Å². The van der Waals surface area contributed by atoms with Gasteiger partial charge in [-0.1, -0.05) is 58.9 Å². The molecule has 56 heavy (non-hydrogen) atoms. The Balaban J connectivity index is 1.10. The number of aromatic nitrogens is 2. The monoisotopic (exact) mass is 815 g/mol. The third-order valence-electron chi connectivity index (χ3n) is 12.5. The third kappa shape index (κ3) is 9.22. The molecule has 2 amide bonds. The van der Waals surface area contributed by atoms with Crippen molar-refractivity contribution in [3.05, 3.63) is 52.9 Å². The fraction of sp³-hybridized carbons (Fsp3) is 0.659. The standard InChI is InChI=1S/C41H59F2N5O6SSi/c1-26(2)35(33-18-34(46-53-33)52-21-29-13-15-47(16-14-29)23-40(24-49)22-41(40,42)43)38(51)48-20-31(54-56(7,8)39(4,5)6)17-32(48)37(50)44-19-28-9-11-30(12-10-28)36-27(3)45-25-55-36/h9-12,18,25-26,29,31-32,35,49H,13-17,19-24H2,1-8H3,(H,44,50)/t31-,32+,35?,40-/m1/s1. The summed E-state index contributed by atoms with van der Waals surface area (Å²) in [7, 11) is -2.22. The van der Waals surface area contributed by atoms with E-state index in [1.165, 1.54) is 0 Å². The van der Waals surface area contributed by atoms with Crippen molar-refractivity contribution in [3.8, 4) is 16.3 Å². The van der Waals surface area contributed by atoms with Gasteiger partial charge in [0.1, 0.15) is 12.0 Å². The number of ether oxygens (including phenoxy) is 1. The number of nitrogens with one attached hydrogen (secondary N) is 1. The van der Waals surface area contributed by atoms with Crippen molar-refractivity contribution in [2.24, 2.45) is 17.3 Å². The number of aliphatic hydroxyl groups is 1. The zero-order valence-corrected chi connectivity index (χ0v) is 35.9. The number of benzene rings is 1. The summed E-state index contributed by atoms with van der Waals surface area (Å²) in [6, 6.07) is 9.03. The molecule has 1 saturated carbocycles. The Morgan fingerprint density at radius 1 is 1.16 bits per heavy atom. The van der Waals surface area contributed by atoms with E-state index in [4.69, 9.17) is 13.7 Å². The Morgan fingerprint density at radius 2 is 1.84 bits per heavy atom. The van der Waals surface area contributed by atoms with E-state index < -0.39 is 38.2 Å². The highest BCUT2D eigenvalue weighted by atomic mass is 32.1. The highest BCUT2D eigenvalue weighted by Crippen LogP contribution is 2.60. The van der Waals surface area contributed by atoms with Crippen LogP contribution in [-0.2, 0) is 20.6 Å². The normalized spacial score (nSPS) is 23.8. The van der Waals surface area contributed by atoms with Crippen LogP contribution in [0, 0.1) is 24.2 Å². The van der Waals surface area contributed by atoms with Gasteiger partial charge >= 0.3 is 0 Å². The highest BCUT2D eigenvalue weighted by Gasteiger charge is 2.71. The van der Waals surface area contributed by atoms with Crippen LogP contribution in [0.1, 0.15) is 83.2 Å². The number of hydrogen-bond donors (Lipinski definition) is 2. The summed E-state index contributed by atoms with van der Waals surface area (Å²) in [5.74, 6) is -3.24. The van der Waals surface area contributed by atoms with Crippen LogP contribution < -0.4 is 10.1 Å². The van der Waals surface area contributed by atoms with Crippen LogP contribution in [-0.4, -0.2) is 103 Å². The number of aliphatic hydroxyl groups excluding tert-OH is 1. The molecular formula is C41H59F2N5O6SSi. The van der Waals surface area contributed by atoms with Crippen LogP contribution >= 0.6 is 11.3 Å². The van der Waals surface area contributed by atoms with Gasteiger partial charge in [-0.25, -0.2) is 13.8 Å². The summed E-state index contributed by atoms with van der Waals surface area (Å²) in [5, 5.41) is 16.8. The van der Waals surface area contributed by atoms with Crippen molar-refractivity contribution in [1.29, 1.82) is 0 Å². The molecule has 2 aromatic heterocycles. The molecule has 3 fully saturated rings. The molecule has 2 saturated heterocycles. The smallest absolute Gasteiger partial charge is 0.258 e. The van der Waals surface area contributed by atoms with E-state index in [0.29, 0.717) is 45.0 Å². The van der Waals surface area contributed by atoms with Gasteiger partial charge in [-0.05, 0) is 79.1 Å². The molecule has 1 aromatic carbocycles. The third-order valence-corrected chi connectivity index (χ3v) is 18.0. The molecule has 4 atom stereocenters. The maximum Gasteiger partial charge on any atom is 0.258 e. The Labute approximate surface area is 334 Å². The molecule has 0 spiro atoms. The Morgan fingerprint density at radius 3 is 2.41 bits per heavy atom. The Hall–Kier alpha value is -3.24. The number of nitrogens with zero attached hydrogens (tertiary/aromatic N) is 4. The summed E-state index contributed by atoms with van der Waals surface area (Å²) in [4.78, 5) is 37.7. The predicted molar refractivity (Wildman–Crippen MR) is 214 cm³/mol. The fourth-order valence-electron chi connectivity index (χ4n) is 7.75. The number of carbonyl (C=O) groups excluding carboxylic acids is 2. The maximum absolute atomic E-state index is 14.6. The topological polar surface area (TPSA) is 130 Å². The minimum Gasteiger partial charge on any atom is -0.475 e. The Bertz CT molecular complexity index is 1820. The average molecular weight is 816 g/mol. The summed E-state index contributed by atoms with van der Waals surface area (Å²) in [6.07, 6.45) is 1.40. The lowest BCUT2D eigenvalue weighted by molar-refractivity contribution is -0.141. The number of likely N-dealkylation sites (tertiary alicyclic amines) is 2. The number of aryl methyl sites for hydroxylation is 1. The molecule has 0 bridgehead atoms. The molecule has 2 aliphatic heterocycles. The van der Waals surface area contributed by atoms with E-state index in [9.17, 15) is 23.5 Å². The number of carbonyl (C=O) groups is 2. The van der Waals surface area contributed by atoms with E-state index in [1.54, 1.807) is 22.3 Å². The minimum atomic E-state index is -2.79. The number of amides is 2. The van der Waals surface area contributed by atoms with Crippen LogP contribution in [0.15, 0.2) is 40.4 Å². The van der Waals surface area contributed by atoms with Gasteiger partial charge in [-0.15, -0.1) is 11.3 Å². The highest BCUT2D eigenvalue weighted by molar-refractivity contribution is 7.13. The van der Waals surface area contributed by atoms with Crippen molar-refractivity contribution >= 4 is 31.5 Å². The molecular weight excluding hydrogens is 757 g/mol. The number of hydrogen-bond acceptors (Lipinski definition) is 10. The van der Waals surface area contributed by atoms with Gasteiger partial charge in [0.15, 0.2) is 14.1 Å². The molecule has 11 nitrogen and oxygen atoms in total. The molecule has 1 unspecified atom stereocenters. The Kier molecular flexibility index (Phi) is 12.5. The van der Waals surface area contributed by atoms with Crippen LogP contribution in [0.4, 0.5) is 8.78 Å². The minimum absolute atomic E-state index is 0.0447. The van der Waals surface area contributed by atoms with Gasteiger partial charge in [-0.3, -0.25) is 9.59 Å². The van der Waals surface area contributed by atoms with Crippen LogP contribution in [0.5, 0.6) is 5.88 Å². The first-order chi connectivity index (χ1) is 26.3. The van der Waals surface area contributed by atoms with Gasteiger partial charge in [0, 0.05) is 38.5 Å². The van der Waals surface area contributed by atoms with Crippen molar-refractivity contribution in [3.63, 3.8) is 0 Å². The van der Waals surface area contributed by atoms with Crippen LogP contribution in [0.3, 0.4) is 0 Å². The predicted octanol–water partition coefficient (Wildman–Crippen LogP) is 7.26. The second-order valence-electron chi connectivity index (χ2n) is 18.1. The second-order valence-corrected chi connectivity index (χ2v) is 23.7. The number of halogens is 2. The molecule has 15 heteroatoms.